The summed E-state index contributed by atoms with van der Waals surface area (Å²) in [5.74, 6) is -5.85. The molecule has 5 fully saturated rings. The van der Waals surface area contributed by atoms with E-state index >= 15 is 0 Å². The minimum absolute atomic E-state index is 0.177. The molecule has 1 heterocycles. The first kappa shape index (κ1) is 17.1. The van der Waals surface area contributed by atoms with Gasteiger partial charge < -0.3 is 18.9 Å². The van der Waals surface area contributed by atoms with Crippen LogP contribution in [0, 0.1) is 17.8 Å². The Bertz CT molecular complexity index is 562. The third kappa shape index (κ3) is 2.83. The van der Waals surface area contributed by atoms with Gasteiger partial charge >= 0.3 is 17.9 Å². The monoisotopic (exact) mass is 360 g/mol. The summed E-state index contributed by atoms with van der Waals surface area (Å²) in [5, 5.41) is 0. The summed E-state index contributed by atoms with van der Waals surface area (Å²) in [6.07, 6.45) is 4.03. The molecule has 0 aromatic heterocycles. The van der Waals surface area contributed by atoms with Crippen LogP contribution in [0.1, 0.15) is 39.0 Å². The Morgan fingerprint density at radius 2 is 1.72 bits per heavy atom. The van der Waals surface area contributed by atoms with E-state index in [-0.39, 0.29) is 11.8 Å². The average molecular weight is 360 g/mol. The molecule has 4 saturated carbocycles. The molecule has 4 aliphatic carbocycles. The van der Waals surface area contributed by atoms with Gasteiger partial charge in [-0.2, -0.15) is 8.78 Å². The van der Waals surface area contributed by atoms with E-state index in [2.05, 4.69) is 4.74 Å². The number of alkyl halides is 2. The van der Waals surface area contributed by atoms with Gasteiger partial charge in [0.05, 0.1) is 13.2 Å². The zero-order chi connectivity index (χ0) is 17.9. The third-order valence-electron chi connectivity index (χ3n) is 6.02. The molecule has 2 unspecified atom stereocenters. The minimum atomic E-state index is -3.62. The van der Waals surface area contributed by atoms with Crippen molar-refractivity contribution in [1.82, 2.24) is 0 Å². The summed E-state index contributed by atoms with van der Waals surface area (Å²) in [4.78, 5) is 23.2. The lowest BCUT2D eigenvalue weighted by Crippen LogP contribution is -2.65. The van der Waals surface area contributed by atoms with E-state index in [0.29, 0.717) is 38.9 Å². The van der Waals surface area contributed by atoms with Crippen molar-refractivity contribution in [3.05, 3.63) is 0 Å². The largest absolute Gasteiger partial charge is 0.457 e. The highest BCUT2D eigenvalue weighted by Gasteiger charge is 2.66. The predicted molar refractivity (Wildman–Crippen MR) is 78.6 cm³/mol. The minimum Gasteiger partial charge on any atom is -0.457 e. The van der Waals surface area contributed by atoms with Gasteiger partial charge in [0.1, 0.15) is 5.60 Å². The second kappa shape index (κ2) is 5.61. The van der Waals surface area contributed by atoms with Crippen molar-refractivity contribution in [3.63, 3.8) is 0 Å². The van der Waals surface area contributed by atoms with E-state index in [1.54, 1.807) is 0 Å². The topological polar surface area (TPSA) is 71.1 Å². The lowest BCUT2D eigenvalue weighted by molar-refractivity contribution is -0.315. The fourth-order valence-corrected chi connectivity index (χ4v) is 5.42. The second-order valence-electron chi connectivity index (χ2n) is 7.88. The van der Waals surface area contributed by atoms with E-state index in [4.69, 9.17) is 14.2 Å². The van der Waals surface area contributed by atoms with Crippen LogP contribution in [-0.2, 0) is 28.5 Å². The zero-order valence-corrected chi connectivity index (χ0v) is 14.1. The van der Waals surface area contributed by atoms with E-state index < -0.39 is 35.9 Å². The highest BCUT2D eigenvalue weighted by molar-refractivity contribution is 5.80. The quantitative estimate of drug-likeness (QED) is 0.715. The van der Waals surface area contributed by atoms with Crippen molar-refractivity contribution in [2.24, 2.45) is 17.8 Å². The van der Waals surface area contributed by atoms with Gasteiger partial charge in [-0.3, -0.25) is 0 Å². The van der Waals surface area contributed by atoms with E-state index in [0.717, 1.165) is 19.3 Å². The molecule has 0 radical (unpaired) electrons. The lowest BCUT2D eigenvalue weighted by atomic mass is 9.51. The Balaban J connectivity index is 1.40. The maximum atomic E-state index is 12.8. The van der Waals surface area contributed by atoms with Gasteiger partial charge in [0.25, 0.3) is 0 Å². The van der Waals surface area contributed by atoms with Gasteiger partial charge in [0, 0.05) is 18.8 Å². The maximum Gasteiger partial charge on any atom is 0.377 e. The van der Waals surface area contributed by atoms with Crippen molar-refractivity contribution in [2.75, 3.05) is 19.8 Å². The lowest BCUT2D eigenvalue weighted by Gasteiger charge is -2.61. The van der Waals surface area contributed by atoms with Crippen LogP contribution in [0.2, 0.25) is 0 Å². The summed E-state index contributed by atoms with van der Waals surface area (Å²) < 4.78 is 47.5. The van der Waals surface area contributed by atoms with Crippen molar-refractivity contribution in [3.8, 4) is 0 Å². The number of hydrogen-bond acceptors (Lipinski definition) is 6. The summed E-state index contributed by atoms with van der Waals surface area (Å²) in [6, 6.07) is 0. The number of esters is 2. The van der Waals surface area contributed by atoms with Crippen molar-refractivity contribution < 1.29 is 37.3 Å². The van der Waals surface area contributed by atoms with Gasteiger partial charge in [-0.15, -0.1) is 0 Å². The van der Waals surface area contributed by atoms with Crippen LogP contribution in [0.15, 0.2) is 0 Å². The number of ether oxygens (including phenoxy) is 4. The Hall–Kier alpha value is -1.28. The van der Waals surface area contributed by atoms with Gasteiger partial charge in [-0.25, -0.2) is 9.59 Å². The molecule has 0 aromatic carbocycles. The Labute approximate surface area is 144 Å². The van der Waals surface area contributed by atoms with Crippen LogP contribution >= 0.6 is 0 Å². The van der Waals surface area contributed by atoms with Crippen molar-refractivity contribution in [2.45, 2.75) is 56.3 Å². The molecule has 140 valence electrons. The molecule has 5 aliphatic rings. The van der Waals surface area contributed by atoms with Gasteiger partial charge in [-0.1, -0.05) is 0 Å². The Morgan fingerprint density at radius 3 is 2.28 bits per heavy atom. The summed E-state index contributed by atoms with van der Waals surface area (Å²) in [7, 11) is 0. The number of rotatable bonds is 4. The molecule has 6 nitrogen and oxygen atoms in total. The van der Waals surface area contributed by atoms with Crippen molar-refractivity contribution in [1.29, 1.82) is 0 Å². The van der Waals surface area contributed by atoms with Gasteiger partial charge in [-0.05, 0) is 38.0 Å². The number of carbonyl (C=O) groups excluding carboxylic acids is 2. The van der Waals surface area contributed by atoms with Crippen molar-refractivity contribution >= 4 is 11.9 Å². The second-order valence-corrected chi connectivity index (χ2v) is 7.88. The van der Waals surface area contributed by atoms with Gasteiger partial charge in [0.15, 0.2) is 12.4 Å². The normalized spacial score (nSPS) is 38.1. The molecular weight excluding hydrogens is 338 g/mol. The van der Waals surface area contributed by atoms with Crippen LogP contribution in [0.5, 0.6) is 0 Å². The molecule has 0 N–H and O–H groups in total. The fraction of sp³-hybridized carbons (Fsp3) is 0.882. The molecule has 4 bridgehead atoms. The standard InChI is InChI=1S/C17H22F2O6/c1-15(18,19)14(21)22-9-13(20)25-16-6-10-4-11(7-16)17(12(5-10)8-16)23-2-3-24-17/h10-12H,2-9H2,1H3. The molecule has 1 saturated heterocycles. The Kier molecular flexibility index (Phi) is 3.85. The molecule has 2 atom stereocenters. The van der Waals surface area contributed by atoms with Gasteiger partial charge in [0.2, 0.25) is 0 Å². The first-order valence-electron chi connectivity index (χ1n) is 8.77. The smallest absolute Gasteiger partial charge is 0.377 e. The number of hydrogen-bond donors (Lipinski definition) is 0. The molecule has 1 aliphatic heterocycles. The highest BCUT2D eigenvalue weighted by Crippen LogP contribution is 2.63. The van der Waals surface area contributed by atoms with Crippen LogP contribution in [-0.4, -0.2) is 49.1 Å². The summed E-state index contributed by atoms with van der Waals surface area (Å²) in [6.45, 7) is 0.820. The average Bonchev–Trinajstić information content (AvgIpc) is 2.99. The SMILES string of the molecule is CC(F)(F)C(=O)OCC(=O)OC12CC3CC(C1)C1(OCCO1)C(C3)C2. The summed E-state index contributed by atoms with van der Waals surface area (Å²) >= 11 is 0. The first-order valence-corrected chi connectivity index (χ1v) is 8.77. The summed E-state index contributed by atoms with van der Waals surface area (Å²) in [5.41, 5.74) is -0.616. The predicted octanol–water partition coefficient (Wildman–Crippen LogP) is 2.05. The fourth-order valence-electron chi connectivity index (χ4n) is 5.42. The van der Waals surface area contributed by atoms with Crippen LogP contribution in [0.4, 0.5) is 8.78 Å². The molecule has 1 spiro atoms. The molecule has 5 rings (SSSR count). The van der Waals surface area contributed by atoms with Crippen LogP contribution in [0.3, 0.4) is 0 Å². The van der Waals surface area contributed by atoms with E-state index in [9.17, 15) is 18.4 Å². The first-order chi connectivity index (χ1) is 11.7. The number of carbonyl (C=O) groups is 2. The number of halogens is 2. The Morgan fingerprint density at radius 1 is 1.12 bits per heavy atom. The van der Waals surface area contributed by atoms with E-state index in [1.165, 1.54) is 0 Å². The maximum absolute atomic E-state index is 12.8. The molecule has 0 amide bonds. The van der Waals surface area contributed by atoms with Crippen LogP contribution < -0.4 is 0 Å². The van der Waals surface area contributed by atoms with E-state index in [1.807, 2.05) is 0 Å². The molecule has 8 heteroatoms. The highest BCUT2D eigenvalue weighted by atomic mass is 19.3. The molecular formula is C17H22F2O6. The zero-order valence-electron chi connectivity index (χ0n) is 14.1. The third-order valence-corrected chi connectivity index (χ3v) is 6.02. The molecule has 0 aromatic rings. The van der Waals surface area contributed by atoms with Crippen LogP contribution in [0.25, 0.3) is 0 Å². The molecule has 25 heavy (non-hydrogen) atoms.